The lowest BCUT2D eigenvalue weighted by molar-refractivity contribution is 0.0954. The molecule has 0 bridgehead atoms. The van der Waals surface area contributed by atoms with E-state index in [1.54, 1.807) is 24.3 Å². The SMILES string of the molecule is C/C=C/CCNC(=O)c1ccc(C#N)cc1. The number of nitriles is 1. The van der Waals surface area contributed by atoms with Crippen molar-refractivity contribution in [3.8, 4) is 6.07 Å². The van der Waals surface area contributed by atoms with Crippen LogP contribution in [-0.4, -0.2) is 12.5 Å². The fraction of sp³-hybridized carbons (Fsp3) is 0.231. The minimum Gasteiger partial charge on any atom is -0.352 e. The first-order valence-corrected chi connectivity index (χ1v) is 5.17. The molecular formula is C13H14N2O. The molecule has 0 fully saturated rings. The monoisotopic (exact) mass is 214 g/mol. The second-order valence-electron chi connectivity index (χ2n) is 3.30. The van der Waals surface area contributed by atoms with Crippen molar-refractivity contribution in [2.75, 3.05) is 6.54 Å². The first-order valence-electron chi connectivity index (χ1n) is 5.17. The van der Waals surface area contributed by atoms with Crippen LogP contribution in [0.1, 0.15) is 29.3 Å². The third-order valence-corrected chi connectivity index (χ3v) is 2.11. The summed E-state index contributed by atoms with van der Waals surface area (Å²) in [6.45, 7) is 2.58. The molecule has 0 aromatic heterocycles. The van der Waals surface area contributed by atoms with E-state index in [2.05, 4.69) is 5.32 Å². The van der Waals surface area contributed by atoms with E-state index in [0.717, 1.165) is 6.42 Å². The van der Waals surface area contributed by atoms with Gasteiger partial charge in [-0.2, -0.15) is 5.26 Å². The van der Waals surface area contributed by atoms with E-state index < -0.39 is 0 Å². The Hall–Kier alpha value is -2.08. The summed E-state index contributed by atoms with van der Waals surface area (Å²) in [6.07, 6.45) is 4.78. The highest BCUT2D eigenvalue weighted by Crippen LogP contribution is 2.02. The van der Waals surface area contributed by atoms with Crippen LogP contribution in [-0.2, 0) is 0 Å². The lowest BCUT2D eigenvalue weighted by Gasteiger charge is -2.03. The Bertz CT molecular complexity index is 413. The minimum absolute atomic E-state index is 0.103. The van der Waals surface area contributed by atoms with Crippen LogP contribution in [0.4, 0.5) is 0 Å². The largest absolute Gasteiger partial charge is 0.352 e. The van der Waals surface area contributed by atoms with Gasteiger partial charge in [-0.15, -0.1) is 0 Å². The summed E-state index contributed by atoms with van der Waals surface area (Å²) in [6, 6.07) is 8.60. The Morgan fingerprint density at radius 2 is 2.12 bits per heavy atom. The van der Waals surface area contributed by atoms with Crippen LogP contribution in [0.2, 0.25) is 0 Å². The van der Waals surface area contributed by atoms with Crippen molar-refractivity contribution >= 4 is 5.91 Å². The Labute approximate surface area is 95.4 Å². The minimum atomic E-state index is -0.103. The Balaban J connectivity index is 2.50. The van der Waals surface area contributed by atoms with Crippen LogP contribution < -0.4 is 5.32 Å². The molecule has 0 saturated carbocycles. The Kier molecular flexibility index (Phi) is 4.81. The Morgan fingerprint density at radius 3 is 2.69 bits per heavy atom. The Morgan fingerprint density at radius 1 is 1.44 bits per heavy atom. The highest BCUT2D eigenvalue weighted by atomic mass is 16.1. The van der Waals surface area contributed by atoms with Crippen LogP contribution >= 0.6 is 0 Å². The highest BCUT2D eigenvalue weighted by Gasteiger charge is 2.03. The quantitative estimate of drug-likeness (QED) is 0.617. The van der Waals surface area contributed by atoms with Crippen molar-refractivity contribution in [2.45, 2.75) is 13.3 Å². The van der Waals surface area contributed by atoms with E-state index in [9.17, 15) is 4.79 Å². The molecule has 0 aliphatic carbocycles. The smallest absolute Gasteiger partial charge is 0.251 e. The fourth-order valence-electron chi connectivity index (χ4n) is 1.23. The van der Waals surface area contributed by atoms with Crippen molar-refractivity contribution in [1.82, 2.24) is 5.32 Å². The molecule has 0 atom stereocenters. The molecule has 3 heteroatoms. The molecule has 1 N–H and O–H groups in total. The average molecular weight is 214 g/mol. The second kappa shape index (κ2) is 6.41. The van der Waals surface area contributed by atoms with Gasteiger partial charge in [0.15, 0.2) is 0 Å². The molecule has 0 aliphatic heterocycles. The van der Waals surface area contributed by atoms with E-state index in [-0.39, 0.29) is 5.91 Å². The van der Waals surface area contributed by atoms with Crippen molar-refractivity contribution in [2.24, 2.45) is 0 Å². The molecule has 82 valence electrons. The third kappa shape index (κ3) is 3.58. The number of carbonyl (C=O) groups excluding carboxylic acids is 1. The van der Waals surface area contributed by atoms with Crippen molar-refractivity contribution < 1.29 is 4.79 Å². The number of benzene rings is 1. The molecule has 1 aromatic carbocycles. The van der Waals surface area contributed by atoms with Gasteiger partial charge in [-0.25, -0.2) is 0 Å². The van der Waals surface area contributed by atoms with Gasteiger partial charge in [-0.3, -0.25) is 4.79 Å². The second-order valence-corrected chi connectivity index (χ2v) is 3.30. The van der Waals surface area contributed by atoms with E-state index in [4.69, 9.17) is 5.26 Å². The van der Waals surface area contributed by atoms with Gasteiger partial charge in [0.05, 0.1) is 11.6 Å². The molecule has 3 nitrogen and oxygen atoms in total. The summed E-state index contributed by atoms with van der Waals surface area (Å²) in [5.41, 5.74) is 1.14. The summed E-state index contributed by atoms with van der Waals surface area (Å²) in [4.78, 5) is 11.6. The average Bonchev–Trinajstić information content (AvgIpc) is 2.34. The summed E-state index contributed by atoms with van der Waals surface area (Å²) < 4.78 is 0. The summed E-state index contributed by atoms with van der Waals surface area (Å²) in [5, 5.41) is 11.4. The van der Waals surface area contributed by atoms with Gasteiger partial charge in [0.1, 0.15) is 0 Å². The van der Waals surface area contributed by atoms with Gasteiger partial charge >= 0.3 is 0 Å². The normalized spacial score (nSPS) is 10.0. The van der Waals surface area contributed by atoms with Gasteiger partial charge in [0.2, 0.25) is 0 Å². The van der Waals surface area contributed by atoms with Crippen LogP contribution in [0, 0.1) is 11.3 Å². The number of rotatable bonds is 4. The summed E-state index contributed by atoms with van der Waals surface area (Å²) in [7, 11) is 0. The number of nitrogens with zero attached hydrogens (tertiary/aromatic N) is 1. The van der Waals surface area contributed by atoms with E-state index in [1.165, 1.54) is 0 Å². The maximum absolute atomic E-state index is 11.6. The van der Waals surface area contributed by atoms with Crippen molar-refractivity contribution in [3.63, 3.8) is 0 Å². The molecule has 1 rings (SSSR count). The molecule has 0 radical (unpaired) electrons. The molecule has 0 saturated heterocycles. The van der Waals surface area contributed by atoms with Gasteiger partial charge in [0.25, 0.3) is 5.91 Å². The third-order valence-electron chi connectivity index (χ3n) is 2.11. The van der Waals surface area contributed by atoms with Crippen molar-refractivity contribution in [1.29, 1.82) is 5.26 Å². The van der Waals surface area contributed by atoms with E-state index in [0.29, 0.717) is 17.7 Å². The zero-order valence-electron chi connectivity index (χ0n) is 9.23. The molecular weight excluding hydrogens is 200 g/mol. The summed E-state index contributed by atoms with van der Waals surface area (Å²) in [5.74, 6) is -0.103. The fourth-order valence-corrected chi connectivity index (χ4v) is 1.23. The van der Waals surface area contributed by atoms with Gasteiger partial charge < -0.3 is 5.32 Å². The van der Waals surface area contributed by atoms with Gasteiger partial charge in [-0.05, 0) is 37.6 Å². The topological polar surface area (TPSA) is 52.9 Å². The molecule has 16 heavy (non-hydrogen) atoms. The highest BCUT2D eigenvalue weighted by molar-refractivity contribution is 5.94. The molecule has 0 unspecified atom stereocenters. The number of allylic oxidation sites excluding steroid dienone is 1. The standard InChI is InChI=1S/C13H14N2O/c1-2-3-4-9-15-13(16)12-7-5-11(10-14)6-8-12/h2-3,5-8H,4,9H2,1H3,(H,15,16)/b3-2+. The number of nitrogens with one attached hydrogen (secondary N) is 1. The van der Waals surface area contributed by atoms with Crippen LogP contribution in [0.5, 0.6) is 0 Å². The molecule has 0 heterocycles. The molecule has 1 aromatic rings. The zero-order valence-corrected chi connectivity index (χ0v) is 9.23. The first kappa shape index (κ1) is 12.0. The predicted molar refractivity (Wildman–Crippen MR) is 62.9 cm³/mol. The van der Waals surface area contributed by atoms with E-state index in [1.807, 2.05) is 25.1 Å². The van der Waals surface area contributed by atoms with E-state index >= 15 is 0 Å². The van der Waals surface area contributed by atoms with Crippen LogP contribution in [0.15, 0.2) is 36.4 Å². The number of hydrogen-bond donors (Lipinski definition) is 1. The van der Waals surface area contributed by atoms with Gasteiger partial charge in [0, 0.05) is 12.1 Å². The molecule has 0 aliphatic rings. The van der Waals surface area contributed by atoms with Gasteiger partial charge in [-0.1, -0.05) is 12.2 Å². The van der Waals surface area contributed by atoms with Crippen molar-refractivity contribution in [3.05, 3.63) is 47.5 Å². The maximum Gasteiger partial charge on any atom is 0.251 e. The lowest BCUT2D eigenvalue weighted by atomic mass is 10.1. The molecule has 0 spiro atoms. The molecule has 1 amide bonds. The maximum atomic E-state index is 11.6. The number of hydrogen-bond acceptors (Lipinski definition) is 2. The van der Waals surface area contributed by atoms with Crippen LogP contribution in [0.25, 0.3) is 0 Å². The summed E-state index contributed by atoms with van der Waals surface area (Å²) >= 11 is 0. The number of carbonyl (C=O) groups is 1. The number of amides is 1. The first-order chi connectivity index (χ1) is 7.77. The predicted octanol–water partition coefficient (Wildman–Crippen LogP) is 2.25. The zero-order chi connectivity index (χ0) is 11.8. The lowest BCUT2D eigenvalue weighted by Crippen LogP contribution is -2.23. The van der Waals surface area contributed by atoms with Crippen LogP contribution in [0.3, 0.4) is 0 Å².